The summed E-state index contributed by atoms with van der Waals surface area (Å²) >= 11 is 6.03. The Balaban J connectivity index is 1.86. The Bertz CT molecular complexity index is 219. The van der Waals surface area contributed by atoms with E-state index in [0.717, 1.165) is 31.5 Å². The highest BCUT2D eigenvalue weighted by atomic mass is 35.5. The van der Waals surface area contributed by atoms with E-state index in [-0.39, 0.29) is 0 Å². The fraction of sp³-hybridized carbons (Fsp3) is 1.00. The third-order valence-electron chi connectivity index (χ3n) is 3.90. The number of hydrogen-bond acceptors (Lipinski definition) is 4. The average molecular weight is 308 g/mol. The lowest BCUT2D eigenvalue weighted by atomic mass is 9.80. The van der Waals surface area contributed by atoms with E-state index in [4.69, 9.17) is 25.8 Å². The maximum absolute atomic E-state index is 6.03. The van der Waals surface area contributed by atoms with Gasteiger partial charge in [-0.15, -0.1) is 11.6 Å². The monoisotopic (exact) mass is 307 g/mol. The van der Waals surface area contributed by atoms with Crippen LogP contribution in [0.2, 0.25) is 0 Å². The topological polar surface area (TPSA) is 39.7 Å². The Morgan fingerprint density at radius 3 is 2.30 bits per heavy atom. The van der Waals surface area contributed by atoms with Gasteiger partial charge in [0.05, 0.1) is 33.0 Å². The van der Waals surface area contributed by atoms with Gasteiger partial charge < -0.3 is 19.5 Å². The van der Waals surface area contributed by atoms with Gasteiger partial charge in [-0.25, -0.2) is 0 Å². The van der Waals surface area contributed by atoms with Crippen molar-refractivity contribution in [2.75, 3.05) is 59.1 Å². The van der Waals surface area contributed by atoms with Gasteiger partial charge in [-0.2, -0.15) is 0 Å². The molecule has 1 N–H and O–H groups in total. The fourth-order valence-corrected chi connectivity index (χ4v) is 3.06. The minimum atomic E-state index is 0.638. The summed E-state index contributed by atoms with van der Waals surface area (Å²) in [6.07, 6.45) is 5.32. The lowest BCUT2D eigenvalue weighted by molar-refractivity contribution is 0.0253. The molecule has 2 unspecified atom stereocenters. The zero-order chi connectivity index (χ0) is 14.5. The minimum Gasteiger partial charge on any atom is -0.382 e. The molecule has 1 rings (SSSR count). The van der Waals surface area contributed by atoms with Crippen molar-refractivity contribution in [3.8, 4) is 0 Å². The van der Waals surface area contributed by atoms with Gasteiger partial charge in [-0.3, -0.25) is 0 Å². The second-order valence-electron chi connectivity index (χ2n) is 5.38. The highest BCUT2D eigenvalue weighted by Crippen LogP contribution is 2.30. The first kappa shape index (κ1) is 18.2. The van der Waals surface area contributed by atoms with Crippen molar-refractivity contribution < 1.29 is 14.2 Å². The summed E-state index contributed by atoms with van der Waals surface area (Å²) in [5.41, 5.74) is 0. The van der Waals surface area contributed by atoms with Crippen LogP contribution in [-0.2, 0) is 14.2 Å². The van der Waals surface area contributed by atoms with E-state index in [1.54, 1.807) is 7.11 Å². The largest absolute Gasteiger partial charge is 0.382 e. The van der Waals surface area contributed by atoms with E-state index in [0.29, 0.717) is 32.3 Å². The van der Waals surface area contributed by atoms with E-state index in [1.165, 1.54) is 25.7 Å². The Kier molecular flexibility index (Phi) is 11.7. The predicted octanol–water partition coefficient (Wildman–Crippen LogP) is 2.30. The van der Waals surface area contributed by atoms with Gasteiger partial charge in [0.2, 0.25) is 0 Å². The lowest BCUT2D eigenvalue weighted by Crippen LogP contribution is -2.33. The summed E-state index contributed by atoms with van der Waals surface area (Å²) in [6.45, 7) is 5.30. The van der Waals surface area contributed by atoms with E-state index in [1.807, 2.05) is 0 Å². The zero-order valence-corrected chi connectivity index (χ0v) is 13.5. The van der Waals surface area contributed by atoms with Crippen LogP contribution in [0.4, 0.5) is 0 Å². The number of nitrogens with one attached hydrogen (secondary N) is 1. The number of rotatable bonds is 12. The van der Waals surface area contributed by atoms with Crippen LogP contribution in [0.5, 0.6) is 0 Å². The number of ether oxygens (including phenoxy) is 3. The second kappa shape index (κ2) is 12.8. The molecule has 2 atom stereocenters. The molecule has 0 amide bonds. The summed E-state index contributed by atoms with van der Waals surface area (Å²) in [5, 5.41) is 3.49. The molecule has 0 aromatic rings. The van der Waals surface area contributed by atoms with Crippen molar-refractivity contribution in [3.05, 3.63) is 0 Å². The molecule has 0 spiro atoms. The van der Waals surface area contributed by atoms with Crippen LogP contribution < -0.4 is 5.32 Å². The van der Waals surface area contributed by atoms with Crippen molar-refractivity contribution in [1.82, 2.24) is 5.32 Å². The predicted molar refractivity (Wildman–Crippen MR) is 82.6 cm³/mol. The Hall–Kier alpha value is 0.130. The normalized spacial score (nSPS) is 23.1. The van der Waals surface area contributed by atoms with Crippen molar-refractivity contribution in [2.45, 2.75) is 25.7 Å². The summed E-state index contributed by atoms with van der Waals surface area (Å²) in [7, 11) is 1.67. The van der Waals surface area contributed by atoms with Crippen LogP contribution in [-0.4, -0.2) is 59.1 Å². The first-order valence-corrected chi connectivity index (χ1v) is 8.33. The molecule has 0 heterocycles. The van der Waals surface area contributed by atoms with Crippen molar-refractivity contribution in [1.29, 1.82) is 0 Å². The second-order valence-corrected chi connectivity index (χ2v) is 5.69. The number of methoxy groups -OCH3 is 1. The van der Waals surface area contributed by atoms with Gasteiger partial charge in [0.25, 0.3) is 0 Å². The molecule has 0 aromatic carbocycles. The van der Waals surface area contributed by atoms with Crippen LogP contribution in [0.3, 0.4) is 0 Å². The Morgan fingerprint density at radius 2 is 1.60 bits per heavy atom. The molecule has 0 saturated heterocycles. The third-order valence-corrected chi connectivity index (χ3v) is 4.29. The zero-order valence-electron chi connectivity index (χ0n) is 12.7. The molecule has 120 valence electrons. The fourth-order valence-electron chi connectivity index (χ4n) is 2.65. The quantitative estimate of drug-likeness (QED) is 0.444. The molecule has 1 aliphatic carbocycles. The van der Waals surface area contributed by atoms with Crippen LogP contribution in [0.1, 0.15) is 25.7 Å². The van der Waals surface area contributed by atoms with Gasteiger partial charge >= 0.3 is 0 Å². The molecule has 0 aliphatic heterocycles. The first-order chi connectivity index (χ1) is 9.88. The van der Waals surface area contributed by atoms with E-state index < -0.39 is 0 Å². The Labute approximate surface area is 128 Å². The van der Waals surface area contributed by atoms with Gasteiger partial charge in [0.1, 0.15) is 0 Å². The summed E-state index contributed by atoms with van der Waals surface area (Å²) in [4.78, 5) is 0. The summed E-state index contributed by atoms with van der Waals surface area (Å²) in [5.74, 6) is 2.26. The molecule has 5 heteroatoms. The van der Waals surface area contributed by atoms with E-state index >= 15 is 0 Å². The maximum atomic E-state index is 6.03. The minimum absolute atomic E-state index is 0.638. The molecule has 20 heavy (non-hydrogen) atoms. The third kappa shape index (κ3) is 8.42. The molecule has 0 radical (unpaired) electrons. The van der Waals surface area contributed by atoms with E-state index in [9.17, 15) is 0 Å². The molecule has 1 fully saturated rings. The van der Waals surface area contributed by atoms with Gasteiger partial charge in [-0.05, 0) is 31.2 Å². The van der Waals surface area contributed by atoms with Crippen molar-refractivity contribution in [2.24, 2.45) is 11.8 Å². The van der Waals surface area contributed by atoms with Crippen LogP contribution >= 0.6 is 11.6 Å². The van der Waals surface area contributed by atoms with Gasteiger partial charge in [0.15, 0.2) is 0 Å². The SMILES string of the molecule is COCCOCCOCCNCC1CCCCC1CCl. The summed E-state index contributed by atoms with van der Waals surface area (Å²) < 4.78 is 15.7. The summed E-state index contributed by atoms with van der Waals surface area (Å²) in [6, 6.07) is 0. The highest BCUT2D eigenvalue weighted by molar-refractivity contribution is 6.18. The average Bonchev–Trinajstić information content (AvgIpc) is 2.49. The molecule has 0 bridgehead atoms. The number of halogens is 1. The van der Waals surface area contributed by atoms with E-state index in [2.05, 4.69) is 5.32 Å². The molecule has 1 saturated carbocycles. The van der Waals surface area contributed by atoms with Gasteiger partial charge in [0, 0.05) is 19.5 Å². The van der Waals surface area contributed by atoms with Crippen LogP contribution in [0.25, 0.3) is 0 Å². The molecule has 1 aliphatic rings. The highest BCUT2D eigenvalue weighted by Gasteiger charge is 2.23. The lowest BCUT2D eigenvalue weighted by Gasteiger charge is -2.30. The number of alkyl halides is 1. The number of hydrogen-bond donors (Lipinski definition) is 1. The van der Waals surface area contributed by atoms with Gasteiger partial charge in [-0.1, -0.05) is 12.8 Å². The smallest absolute Gasteiger partial charge is 0.0701 e. The Morgan fingerprint density at radius 1 is 0.950 bits per heavy atom. The maximum Gasteiger partial charge on any atom is 0.0701 e. The molecule has 0 aromatic heterocycles. The van der Waals surface area contributed by atoms with Crippen molar-refractivity contribution in [3.63, 3.8) is 0 Å². The molecule has 4 nitrogen and oxygen atoms in total. The standard InChI is InChI=1S/C15H30ClNO3/c1-18-8-9-20-11-10-19-7-6-17-13-15-5-3-2-4-14(15)12-16/h14-15,17H,2-13H2,1H3. The van der Waals surface area contributed by atoms with Crippen molar-refractivity contribution >= 4 is 11.6 Å². The van der Waals surface area contributed by atoms with Crippen LogP contribution in [0, 0.1) is 11.8 Å². The molecular formula is C15H30ClNO3. The first-order valence-electron chi connectivity index (χ1n) is 7.79. The molecular weight excluding hydrogens is 278 g/mol. The van der Waals surface area contributed by atoms with Crippen LogP contribution in [0.15, 0.2) is 0 Å².